The Morgan fingerprint density at radius 3 is 3.06 bits per heavy atom. The maximum Gasteiger partial charge on any atom is 0.333 e. The Morgan fingerprint density at radius 2 is 2.44 bits per heavy atom. The van der Waals surface area contributed by atoms with Crippen molar-refractivity contribution >= 4 is 11.9 Å². The van der Waals surface area contributed by atoms with Crippen LogP contribution in [0.2, 0.25) is 0 Å². The number of carbonyl (C=O) groups excluding carboxylic acids is 2. The van der Waals surface area contributed by atoms with Crippen LogP contribution >= 0.6 is 0 Å². The second kappa shape index (κ2) is 6.27. The third kappa shape index (κ3) is 3.66. The Kier molecular flexibility index (Phi) is 4.98. The lowest BCUT2D eigenvalue weighted by Crippen LogP contribution is -2.48. The first-order valence-corrected chi connectivity index (χ1v) is 5.41. The van der Waals surface area contributed by atoms with Crippen LogP contribution in [0.4, 0.5) is 0 Å². The summed E-state index contributed by atoms with van der Waals surface area (Å²) in [6.07, 6.45) is 3.56. The minimum absolute atomic E-state index is 0.0374. The van der Waals surface area contributed by atoms with Crippen LogP contribution in [0.25, 0.3) is 0 Å². The molecule has 1 atom stereocenters. The fourth-order valence-corrected chi connectivity index (χ4v) is 1.57. The Morgan fingerprint density at radius 1 is 1.69 bits per heavy atom. The van der Waals surface area contributed by atoms with Crippen molar-refractivity contribution in [1.29, 1.82) is 0 Å². The molecule has 1 heterocycles. The first-order valence-electron chi connectivity index (χ1n) is 5.41. The molecule has 0 aliphatic carbocycles. The van der Waals surface area contributed by atoms with Gasteiger partial charge in [0.05, 0.1) is 13.2 Å². The van der Waals surface area contributed by atoms with Gasteiger partial charge in [-0.15, -0.1) is 0 Å². The van der Waals surface area contributed by atoms with Gasteiger partial charge in [0.15, 0.2) is 0 Å². The summed E-state index contributed by atoms with van der Waals surface area (Å²) in [5, 5.41) is 5.88. The number of nitrogens with one attached hydrogen (secondary N) is 2. The molecule has 90 valence electrons. The molecule has 1 aliphatic rings. The van der Waals surface area contributed by atoms with E-state index < -0.39 is 0 Å². The third-order valence-electron chi connectivity index (χ3n) is 2.57. The number of methoxy groups -OCH3 is 1. The minimum atomic E-state index is -0.338. The molecule has 0 bridgehead atoms. The van der Waals surface area contributed by atoms with Gasteiger partial charge in [-0.05, 0) is 19.8 Å². The van der Waals surface area contributed by atoms with Gasteiger partial charge in [0, 0.05) is 18.7 Å². The van der Waals surface area contributed by atoms with Gasteiger partial charge < -0.3 is 15.4 Å². The quantitative estimate of drug-likeness (QED) is 0.522. The Bertz CT molecular complexity index is 300. The normalized spacial score (nSPS) is 21.5. The van der Waals surface area contributed by atoms with Gasteiger partial charge in [-0.25, -0.2) is 4.79 Å². The molecule has 5 heteroatoms. The van der Waals surface area contributed by atoms with Crippen molar-refractivity contribution in [2.24, 2.45) is 0 Å². The molecule has 0 saturated carbocycles. The van der Waals surface area contributed by atoms with E-state index >= 15 is 0 Å². The highest BCUT2D eigenvalue weighted by molar-refractivity contribution is 5.87. The second-order valence-electron chi connectivity index (χ2n) is 3.77. The average Bonchev–Trinajstić information content (AvgIpc) is 2.30. The van der Waals surface area contributed by atoms with Gasteiger partial charge in [0.25, 0.3) is 0 Å². The number of amides is 1. The number of rotatable bonds is 4. The van der Waals surface area contributed by atoms with Crippen molar-refractivity contribution in [3.05, 3.63) is 11.6 Å². The average molecular weight is 226 g/mol. The summed E-state index contributed by atoms with van der Waals surface area (Å²) in [6.45, 7) is 2.95. The number of hydrogen-bond acceptors (Lipinski definition) is 4. The van der Waals surface area contributed by atoms with Crippen molar-refractivity contribution < 1.29 is 14.3 Å². The molecule has 0 aromatic carbocycles. The van der Waals surface area contributed by atoms with E-state index in [1.54, 1.807) is 13.0 Å². The molecule has 0 aromatic heterocycles. The van der Waals surface area contributed by atoms with Gasteiger partial charge in [-0.3, -0.25) is 4.79 Å². The summed E-state index contributed by atoms with van der Waals surface area (Å²) in [5.74, 6) is -0.301. The summed E-state index contributed by atoms with van der Waals surface area (Å²) >= 11 is 0. The van der Waals surface area contributed by atoms with Crippen molar-refractivity contribution in [2.75, 3.05) is 20.2 Å². The van der Waals surface area contributed by atoms with Gasteiger partial charge >= 0.3 is 5.97 Å². The fourth-order valence-electron chi connectivity index (χ4n) is 1.57. The molecule has 1 amide bonds. The van der Waals surface area contributed by atoms with Gasteiger partial charge in [-0.2, -0.15) is 0 Å². The first-order chi connectivity index (χ1) is 7.65. The predicted octanol–water partition coefficient (Wildman–Crippen LogP) is -0.0261. The SMILES string of the molecule is COC(=O)C(C)=CCNC1CCCNC1=O. The molecule has 5 nitrogen and oxygen atoms in total. The molecule has 1 fully saturated rings. The third-order valence-corrected chi connectivity index (χ3v) is 2.57. The molecule has 0 spiro atoms. The van der Waals surface area contributed by atoms with Crippen LogP contribution in [-0.2, 0) is 14.3 Å². The lowest BCUT2D eigenvalue weighted by atomic mass is 10.1. The summed E-state index contributed by atoms with van der Waals surface area (Å²) in [6, 6.07) is -0.143. The predicted molar refractivity (Wildman–Crippen MR) is 59.8 cm³/mol. The number of esters is 1. The van der Waals surface area contributed by atoms with E-state index in [1.807, 2.05) is 0 Å². The maximum atomic E-state index is 11.4. The van der Waals surface area contributed by atoms with Crippen molar-refractivity contribution in [2.45, 2.75) is 25.8 Å². The first kappa shape index (κ1) is 12.7. The van der Waals surface area contributed by atoms with Crippen LogP contribution in [0.15, 0.2) is 11.6 Å². The summed E-state index contributed by atoms with van der Waals surface area (Å²) in [4.78, 5) is 22.4. The molecule has 1 rings (SSSR count). The van der Waals surface area contributed by atoms with E-state index in [2.05, 4.69) is 15.4 Å². The van der Waals surface area contributed by atoms with Crippen LogP contribution < -0.4 is 10.6 Å². The monoisotopic (exact) mass is 226 g/mol. The van der Waals surface area contributed by atoms with E-state index in [0.29, 0.717) is 12.1 Å². The number of hydrogen-bond donors (Lipinski definition) is 2. The number of piperidine rings is 1. The summed E-state index contributed by atoms with van der Waals surface area (Å²) in [7, 11) is 1.35. The van der Waals surface area contributed by atoms with Crippen molar-refractivity contribution in [1.82, 2.24) is 10.6 Å². The smallest absolute Gasteiger partial charge is 0.333 e. The Balaban J connectivity index is 2.34. The van der Waals surface area contributed by atoms with Crippen molar-refractivity contribution in [3.63, 3.8) is 0 Å². The Labute approximate surface area is 95.2 Å². The largest absolute Gasteiger partial charge is 0.466 e. The fraction of sp³-hybridized carbons (Fsp3) is 0.636. The van der Waals surface area contributed by atoms with Crippen LogP contribution in [0.1, 0.15) is 19.8 Å². The molecule has 1 aliphatic heterocycles. The van der Waals surface area contributed by atoms with E-state index in [-0.39, 0.29) is 17.9 Å². The molecular formula is C11H18N2O3. The molecule has 1 unspecified atom stereocenters. The van der Waals surface area contributed by atoms with Crippen molar-refractivity contribution in [3.8, 4) is 0 Å². The lowest BCUT2D eigenvalue weighted by Gasteiger charge is -2.22. The van der Waals surface area contributed by atoms with Gasteiger partial charge in [-0.1, -0.05) is 6.08 Å². The van der Waals surface area contributed by atoms with Gasteiger partial charge in [0.1, 0.15) is 0 Å². The van der Waals surface area contributed by atoms with E-state index in [9.17, 15) is 9.59 Å². The van der Waals surface area contributed by atoms with Crippen LogP contribution in [-0.4, -0.2) is 38.1 Å². The van der Waals surface area contributed by atoms with Crippen LogP contribution in [0.5, 0.6) is 0 Å². The molecule has 0 aromatic rings. The van der Waals surface area contributed by atoms with E-state index in [4.69, 9.17) is 0 Å². The summed E-state index contributed by atoms with van der Waals surface area (Å²) < 4.78 is 4.56. The maximum absolute atomic E-state index is 11.4. The molecular weight excluding hydrogens is 208 g/mol. The highest BCUT2D eigenvalue weighted by Crippen LogP contribution is 2.02. The summed E-state index contributed by atoms with van der Waals surface area (Å²) in [5.41, 5.74) is 0.547. The minimum Gasteiger partial charge on any atom is -0.466 e. The molecule has 16 heavy (non-hydrogen) atoms. The highest BCUT2D eigenvalue weighted by Gasteiger charge is 2.20. The zero-order valence-corrected chi connectivity index (χ0v) is 9.71. The Hall–Kier alpha value is -1.36. The topological polar surface area (TPSA) is 67.4 Å². The second-order valence-corrected chi connectivity index (χ2v) is 3.77. The van der Waals surface area contributed by atoms with Gasteiger partial charge in [0.2, 0.25) is 5.91 Å². The number of ether oxygens (including phenoxy) is 1. The highest BCUT2D eigenvalue weighted by atomic mass is 16.5. The standard InChI is InChI=1S/C11H18N2O3/c1-8(11(15)16-2)5-7-12-9-4-3-6-13-10(9)14/h5,9,12H,3-4,6-7H2,1-2H3,(H,13,14). The zero-order chi connectivity index (χ0) is 12.0. The molecule has 0 radical (unpaired) electrons. The number of carbonyl (C=O) groups is 2. The van der Waals surface area contributed by atoms with Crippen LogP contribution in [0, 0.1) is 0 Å². The van der Waals surface area contributed by atoms with E-state index in [0.717, 1.165) is 19.4 Å². The molecule has 1 saturated heterocycles. The zero-order valence-electron chi connectivity index (χ0n) is 9.71. The van der Waals surface area contributed by atoms with Crippen LogP contribution in [0.3, 0.4) is 0 Å². The lowest BCUT2D eigenvalue weighted by molar-refractivity contribution is -0.136. The molecule has 2 N–H and O–H groups in total. The van der Waals surface area contributed by atoms with E-state index in [1.165, 1.54) is 7.11 Å².